The van der Waals surface area contributed by atoms with Crippen molar-refractivity contribution in [1.82, 2.24) is 29.7 Å². The summed E-state index contributed by atoms with van der Waals surface area (Å²) in [5.74, 6) is -1.04. The summed E-state index contributed by atoms with van der Waals surface area (Å²) in [7, 11) is 3.58. The fourth-order valence-corrected chi connectivity index (χ4v) is 3.08. The fraction of sp³-hybridized carbons (Fsp3) is 0.667. The molecule has 2 atom stereocenters. The van der Waals surface area contributed by atoms with Crippen molar-refractivity contribution in [3.63, 3.8) is 0 Å². The molecule has 0 aliphatic rings. The molecule has 2 heterocycles. The quantitative estimate of drug-likeness (QED) is 0.229. The number of ether oxygens (including phenoxy) is 2. The van der Waals surface area contributed by atoms with Crippen LogP contribution in [0.15, 0.2) is 12.7 Å². The molecule has 2 aromatic heterocycles. The molecule has 29 heavy (non-hydrogen) atoms. The SMILES string of the molecule is COC(CN(C)CCCNC=O)[C@H](Cn1cnc2c(N)ncnc21)OC(C)(C)O. The highest BCUT2D eigenvalue weighted by molar-refractivity contribution is 5.81. The maximum Gasteiger partial charge on any atom is 0.207 e. The number of nitrogens with one attached hydrogen (secondary N) is 1. The van der Waals surface area contributed by atoms with Gasteiger partial charge >= 0.3 is 0 Å². The largest absolute Gasteiger partial charge is 0.382 e. The Morgan fingerprint density at radius 3 is 2.79 bits per heavy atom. The van der Waals surface area contributed by atoms with Crippen molar-refractivity contribution in [2.75, 3.05) is 39.5 Å². The lowest BCUT2D eigenvalue weighted by Crippen LogP contribution is -2.46. The minimum atomic E-state index is -1.35. The standard InChI is InChI=1S/C18H31N7O4/c1-18(2,27)29-14(13(28-4)8-24(3)7-5-6-20-12-26)9-25-11-23-15-16(19)21-10-22-17(15)25/h10-14,27H,5-9H2,1-4H3,(H,20,26)(H2,19,21,22)/t13?,14-/m0/s1. The number of carbonyl (C=O) groups is 1. The number of imidazole rings is 1. The lowest BCUT2D eigenvalue weighted by Gasteiger charge is -2.34. The number of hydrogen-bond acceptors (Lipinski definition) is 9. The molecular formula is C18H31N7O4. The molecule has 0 aliphatic carbocycles. The first-order valence-corrected chi connectivity index (χ1v) is 9.45. The molecule has 0 aromatic carbocycles. The number of nitrogens with zero attached hydrogens (tertiary/aromatic N) is 5. The van der Waals surface area contributed by atoms with Crippen LogP contribution in [0.1, 0.15) is 20.3 Å². The summed E-state index contributed by atoms with van der Waals surface area (Å²) in [6.07, 6.45) is 3.70. The monoisotopic (exact) mass is 409 g/mol. The Labute approximate surface area is 170 Å². The Bertz CT molecular complexity index is 777. The summed E-state index contributed by atoms with van der Waals surface area (Å²) in [4.78, 5) is 24.9. The van der Waals surface area contributed by atoms with Gasteiger partial charge in [0.1, 0.15) is 17.9 Å². The summed E-state index contributed by atoms with van der Waals surface area (Å²) in [6, 6.07) is 0. The van der Waals surface area contributed by atoms with E-state index in [9.17, 15) is 9.90 Å². The second-order valence-corrected chi connectivity index (χ2v) is 7.39. The van der Waals surface area contributed by atoms with E-state index in [1.165, 1.54) is 6.33 Å². The first-order chi connectivity index (χ1) is 13.7. The number of amides is 1. The lowest BCUT2D eigenvalue weighted by atomic mass is 10.1. The summed E-state index contributed by atoms with van der Waals surface area (Å²) in [5, 5.41) is 12.9. The molecular weight excluding hydrogens is 378 g/mol. The first-order valence-electron chi connectivity index (χ1n) is 9.45. The number of anilines is 1. The summed E-state index contributed by atoms with van der Waals surface area (Å²) >= 11 is 0. The van der Waals surface area contributed by atoms with E-state index in [1.54, 1.807) is 27.3 Å². The minimum Gasteiger partial charge on any atom is -0.382 e. The van der Waals surface area contributed by atoms with Crippen molar-refractivity contribution < 1.29 is 19.4 Å². The third-order valence-electron chi connectivity index (χ3n) is 4.40. The number of aliphatic hydroxyl groups is 1. The van der Waals surface area contributed by atoms with Crippen LogP contribution in [0.25, 0.3) is 11.2 Å². The predicted molar refractivity (Wildman–Crippen MR) is 108 cm³/mol. The molecule has 1 amide bonds. The summed E-state index contributed by atoms with van der Waals surface area (Å²) in [6.45, 7) is 5.46. The molecule has 2 rings (SSSR count). The van der Waals surface area contributed by atoms with Gasteiger partial charge in [0.2, 0.25) is 6.41 Å². The van der Waals surface area contributed by atoms with E-state index < -0.39 is 11.9 Å². The second kappa shape index (κ2) is 10.4. The lowest BCUT2D eigenvalue weighted by molar-refractivity contribution is -0.231. The molecule has 1 unspecified atom stereocenters. The number of likely N-dealkylation sites (N-methyl/N-ethyl adjacent to an activating group) is 1. The summed E-state index contributed by atoms with van der Waals surface area (Å²) < 4.78 is 13.4. The van der Waals surface area contributed by atoms with Crippen LogP contribution >= 0.6 is 0 Å². The zero-order valence-corrected chi connectivity index (χ0v) is 17.4. The van der Waals surface area contributed by atoms with Crippen LogP contribution in [0.2, 0.25) is 0 Å². The number of aromatic nitrogens is 4. The van der Waals surface area contributed by atoms with Gasteiger partial charge in [-0.3, -0.25) is 4.79 Å². The molecule has 11 nitrogen and oxygen atoms in total. The zero-order chi connectivity index (χ0) is 21.4. The molecule has 2 aromatic rings. The highest BCUT2D eigenvalue weighted by Crippen LogP contribution is 2.20. The molecule has 11 heteroatoms. The Kier molecular flexibility index (Phi) is 8.26. The number of carbonyl (C=O) groups excluding carboxylic acids is 1. The third-order valence-corrected chi connectivity index (χ3v) is 4.40. The molecule has 0 fully saturated rings. The second-order valence-electron chi connectivity index (χ2n) is 7.39. The highest BCUT2D eigenvalue weighted by Gasteiger charge is 2.30. The molecule has 0 aliphatic heterocycles. The number of nitrogen functional groups attached to an aromatic ring is 1. The zero-order valence-electron chi connectivity index (χ0n) is 17.4. The summed E-state index contributed by atoms with van der Waals surface area (Å²) in [5.41, 5.74) is 6.97. The fourth-order valence-electron chi connectivity index (χ4n) is 3.08. The molecule has 0 saturated heterocycles. The van der Waals surface area contributed by atoms with Gasteiger partial charge in [0, 0.05) is 20.2 Å². The van der Waals surface area contributed by atoms with Crippen molar-refractivity contribution in [2.24, 2.45) is 0 Å². The van der Waals surface area contributed by atoms with Gasteiger partial charge in [-0.05, 0) is 33.9 Å². The van der Waals surface area contributed by atoms with E-state index in [2.05, 4.69) is 25.2 Å². The van der Waals surface area contributed by atoms with Crippen LogP contribution < -0.4 is 11.1 Å². The van der Waals surface area contributed by atoms with Crippen LogP contribution in [-0.2, 0) is 20.8 Å². The Balaban J connectivity index is 2.14. The Hall–Kier alpha value is -2.34. The Morgan fingerprint density at radius 1 is 1.38 bits per heavy atom. The van der Waals surface area contributed by atoms with Crippen molar-refractivity contribution in [3.05, 3.63) is 12.7 Å². The molecule has 0 saturated carbocycles. The van der Waals surface area contributed by atoms with Gasteiger partial charge in [-0.2, -0.15) is 0 Å². The van der Waals surface area contributed by atoms with E-state index >= 15 is 0 Å². The van der Waals surface area contributed by atoms with Crippen LogP contribution in [0.4, 0.5) is 5.82 Å². The van der Waals surface area contributed by atoms with Gasteiger partial charge in [-0.15, -0.1) is 0 Å². The van der Waals surface area contributed by atoms with Gasteiger partial charge < -0.3 is 35.1 Å². The van der Waals surface area contributed by atoms with Gasteiger partial charge in [0.05, 0.1) is 19.0 Å². The van der Waals surface area contributed by atoms with Crippen molar-refractivity contribution in [3.8, 4) is 0 Å². The molecule has 0 bridgehead atoms. The normalized spacial score (nSPS) is 14.3. The number of hydrogen-bond donors (Lipinski definition) is 3. The highest BCUT2D eigenvalue weighted by atomic mass is 16.6. The van der Waals surface area contributed by atoms with Crippen LogP contribution in [0.5, 0.6) is 0 Å². The van der Waals surface area contributed by atoms with Crippen LogP contribution in [0, 0.1) is 0 Å². The number of fused-ring (bicyclic) bond motifs is 1. The van der Waals surface area contributed by atoms with Crippen molar-refractivity contribution in [2.45, 2.75) is 44.8 Å². The number of rotatable bonds is 13. The first kappa shape index (κ1) is 22.9. The van der Waals surface area contributed by atoms with Crippen molar-refractivity contribution >= 4 is 23.4 Å². The minimum absolute atomic E-state index is 0.306. The third kappa shape index (κ3) is 6.89. The maximum atomic E-state index is 10.4. The number of methoxy groups -OCH3 is 1. The van der Waals surface area contributed by atoms with Gasteiger partial charge in [0.15, 0.2) is 17.3 Å². The predicted octanol–water partition coefficient (Wildman–Crippen LogP) is -0.395. The van der Waals surface area contributed by atoms with Crippen molar-refractivity contribution in [1.29, 1.82) is 0 Å². The van der Waals surface area contributed by atoms with Gasteiger partial charge in [0.25, 0.3) is 0 Å². The van der Waals surface area contributed by atoms with E-state index in [1.807, 2.05) is 11.6 Å². The van der Waals surface area contributed by atoms with E-state index in [0.29, 0.717) is 43.0 Å². The van der Waals surface area contributed by atoms with Crippen LogP contribution in [-0.4, -0.2) is 87.7 Å². The smallest absolute Gasteiger partial charge is 0.207 e. The Morgan fingerprint density at radius 2 is 2.14 bits per heavy atom. The van der Waals surface area contributed by atoms with E-state index in [0.717, 1.165) is 13.0 Å². The average Bonchev–Trinajstić information content (AvgIpc) is 3.06. The molecule has 0 spiro atoms. The van der Waals surface area contributed by atoms with Crippen LogP contribution in [0.3, 0.4) is 0 Å². The topological polar surface area (TPSA) is 141 Å². The van der Waals surface area contributed by atoms with Gasteiger partial charge in [-0.1, -0.05) is 0 Å². The molecule has 4 N–H and O–H groups in total. The maximum absolute atomic E-state index is 10.4. The van der Waals surface area contributed by atoms with Gasteiger partial charge in [-0.25, -0.2) is 15.0 Å². The average molecular weight is 409 g/mol. The van der Waals surface area contributed by atoms with E-state index in [-0.39, 0.29) is 6.10 Å². The van der Waals surface area contributed by atoms with E-state index in [4.69, 9.17) is 15.2 Å². The molecule has 162 valence electrons. The molecule has 0 radical (unpaired) electrons. The number of nitrogens with two attached hydrogens (primary N) is 1.